The molecule has 0 aliphatic rings. The predicted octanol–water partition coefficient (Wildman–Crippen LogP) is 3.65. The van der Waals surface area contributed by atoms with Gasteiger partial charge in [0.2, 0.25) is 0 Å². The summed E-state index contributed by atoms with van der Waals surface area (Å²) in [4.78, 5) is 29.7. The largest absolute Gasteiger partial charge is 0.497 e. The Bertz CT molecular complexity index is 1200. The first-order valence-electron chi connectivity index (χ1n) is 8.68. The van der Waals surface area contributed by atoms with Gasteiger partial charge in [-0.25, -0.2) is 4.98 Å². The zero-order chi connectivity index (χ0) is 19.5. The molecule has 1 amide bonds. The third-order valence-corrected chi connectivity index (χ3v) is 4.40. The van der Waals surface area contributed by atoms with Crippen molar-refractivity contribution in [3.63, 3.8) is 0 Å². The van der Waals surface area contributed by atoms with Crippen molar-refractivity contribution in [2.45, 2.75) is 0 Å². The zero-order valence-electron chi connectivity index (χ0n) is 15.1. The van der Waals surface area contributed by atoms with Gasteiger partial charge >= 0.3 is 0 Å². The van der Waals surface area contributed by atoms with Crippen LogP contribution in [-0.2, 0) is 0 Å². The van der Waals surface area contributed by atoms with E-state index in [1.807, 2.05) is 30.3 Å². The van der Waals surface area contributed by atoms with E-state index in [1.165, 1.54) is 10.9 Å². The maximum atomic E-state index is 12.8. The minimum absolute atomic E-state index is 0.182. The van der Waals surface area contributed by atoms with E-state index in [1.54, 1.807) is 49.6 Å². The molecule has 6 nitrogen and oxygen atoms in total. The van der Waals surface area contributed by atoms with Gasteiger partial charge in [-0.2, -0.15) is 0 Å². The molecule has 0 aliphatic carbocycles. The molecule has 0 fully saturated rings. The van der Waals surface area contributed by atoms with Crippen LogP contribution in [0.2, 0.25) is 0 Å². The van der Waals surface area contributed by atoms with E-state index in [0.29, 0.717) is 27.9 Å². The first kappa shape index (κ1) is 17.5. The van der Waals surface area contributed by atoms with Crippen LogP contribution in [0.5, 0.6) is 5.75 Å². The minimum Gasteiger partial charge on any atom is -0.497 e. The van der Waals surface area contributed by atoms with Crippen molar-refractivity contribution in [1.29, 1.82) is 0 Å². The van der Waals surface area contributed by atoms with Crippen LogP contribution >= 0.6 is 0 Å². The minimum atomic E-state index is -0.277. The van der Waals surface area contributed by atoms with Gasteiger partial charge in [-0.3, -0.25) is 14.2 Å². The number of methoxy groups -OCH3 is 1. The molecule has 1 aromatic heterocycles. The number of para-hydroxylation sites is 1. The number of hydrogen-bond acceptors (Lipinski definition) is 4. The van der Waals surface area contributed by atoms with E-state index in [4.69, 9.17) is 4.74 Å². The molecule has 0 unspecified atom stereocenters. The van der Waals surface area contributed by atoms with Crippen LogP contribution in [0.4, 0.5) is 5.69 Å². The highest BCUT2D eigenvalue weighted by molar-refractivity contribution is 6.06. The number of nitrogens with zero attached hydrogens (tertiary/aromatic N) is 2. The molecule has 0 bridgehead atoms. The number of carbonyl (C=O) groups excluding carboxylic acids is 1. The van der Waals surface area contributed by atoms with Crippen LogP contribution in [0, 0.1) is 0 Å². The molecule has 3 aromatic carbocycles. The summed E-state index contributed by atoms with van der Waals surface area (Å²) < 4.78 is 6.59. The molecule has 4 aromatic rings. The first-order valence-corrected chi connectivity index (χ1v) is 8.68. The van der Waals surface area contributed by atoms with Gasteiger partial charge in [-0.1, -0.05) is 18.2 Å². The lowest BCUT2D eigenvalue weighted by Crippen LogP contribution is -2.19. The van der Waals surface area contributed by atoms with Crippen molar-refractivity contribution in [2.24, 2.45) is 0 Å². The zero-order valence-corrected chi connectivity index (χ0v) is 15.1. The van der Waals surface area contributed by atoms with Gasteiger partial charge in [0.25, 0.3) is 11.5 Å². The second kappa shape index (κ2) is 7.36. The molecular formula is C22H17N3O3. The van der Waals surface area contributed by atoms with Crippen LogP contribution in [-0.4, -0.2) is 22.6 Å². The lowest BCUT2D eigenvalue weighted by Gasteiger charge is -2.09. The number of hydrogen-bond donors (Lipinski definition) is 1. The summed E-state index contributed by atoms with van der Waals surface area (Å²) in [5.74, 6) is 0.434. The molecule has 0 radical (unpaired) electrons. The second-order valence-corrected chi connectivity index (χ2v) is 6.17. The summed E-state index contributed by atoms with van der Waals surface area (Å²) in [7, 11) is 1.58. The average molecular weight is 371 g/mol. The van der Waals surface area contributed by atoms with Gasteiger partial charge in [0, 0.05) is 11.3 Å². The number of aromatic nitrogens is 2. The fraction of sp³-hybridized carbons (Fsp3) is 0.0455. The van der Waals surface area contributed by atoms with Crippen LogP contribution in [0.15, 0.2) is 83.9 Å². The van der Waals surface area contributed by atoms with E-state index in [-0.39, 0.29) is 11.5 Å². The average Bonchev–Trinajstić information content (AvgIpc) is 2.75. The summed E-state index contributed by atoms with van der Waals surface area (Å²) >= 11 is 0. The van der Waals surface area contributed by atoms with E-state index >= 15 is 0 Å². The van der Waals surface area contributed by atoms with E-state index in [9.17, 15) is 9.59 Å². The Balaban J connectivity index is 1.64. The molecule has 0 saturated carbocycles. The van der Waals surface area contributed by atoms with E-state index in [0.717, 1.165) is 5.69 Å². The number of benzene rings is 3. The normalized spacial score (nSPS) is 10.6. The Hall–Kier alpha value is -3.93. The summed E-state index contributed by atoms with van der Waals surface area (Å²) in [5, 5.41) is 3.27. The number of nitrogens with one attached hydrogen (secondary N) is 1. The molecule has 0 spiro atoms. The number of carbonyl (C=O) groups is 1. The maximum absolute atomic E-state index is 12.8. The predicted molar refractivity (Wildman–Crippen MR) is 108 cm³/mol. The standard InChI is InChI=1S/C22H17N3O3/c1-28-18-10-8-16(9-11-18)24-21(26)15-7-12-19-20(13-15)23-14-25(22(19)27)17-5-3-2-4-6-17/h2-14H,1H3,(H,24,26). The third-order valence-electron chi connectivity index (χ3n) is 4.40. The monoisotopic (exact) mass is 371 g/mol. The molecule has 4 rings (SSSR count). The highest BCUT2D eigenvalue weighted by atomic mass is 16.5. The highest BCUT2D eigenvalue weighted by Crippen LogP contribution is 2.17. The Kier molecular flexibility index (Phi) is 4.60. The SMILES string of the molecule is COc1ccc(NC(=O)c2ccc3c(=O)n(-c4ccccc4)cnc3c2)cc1. The smallest absolute Gasteiger partial charge is 0.265 e. The van der Waals surface area contributed by atoms with Gasteiger partial charge < -0.3 is 10.1 Å². The van der Waals surface area contributed by atoms with Crippen LogP contribution in [0.3, 0.4) is 0 Å². The van der Waals surface area contributed by atoms with Gasteiger partial charge in [0.05, 0.1) is 23.7 Å². The van der Waals surface area contributed by atoms with E-state index < -0.39 is 0 Å². The first-order chi connectivity index (χ1) is 13.7. The van der Waals surface area contributed by atoms with Crippen molar-refractivity contribution in [1.82, 2.24) is 9.55 Å². The summed E-state index contributed by atoms with van der Waals surface area (Å²) in [5.41, 5.74) is 2.10. The van der Waals surface area contributed by atoms with E-state index in [2.05, 4.69) is 10.3 Å². The second-order valence-electron chi connectivity index (χ2n) is 6.17. The number of rotatable bonds is 4. The highest BCUT2D eigenvalue weighted by Gasteiger charge is 2.11. The molecule has 1 heterocycles. The number of amides is 1. The van der Waals surface area contributed by atoms with Crippen molar-refractivity contribution in [3.05, 3.63) is 95.0 Å². The Morgan fingerprint density at radius 1 is 1.00 bits per heavy atom. The topological polar surface area (TPSA) is 73.2 Å². The Morgan fingerprint density at radius 3 is 2.46 bits per heavy atom. The Labute approximate surface area is 161 Å². The van der Waals surface area contributed by atoms with Crippen molar-refractivity contribution < 1.29 is 9.53 Å². The molecule has 0 atom stereocenters. The number of anilines is 1. The van der Waals surface area contributed by atoms with Gasteiger partial charge in [0.15, 0.2) is 0 Å². The van der Waals surface area contributed by atoms with Crippen LogP contribution in [0.1, 0.15) is 10.4 Å². The molecule has 28 heavy (non-hydrogen) atoms. The van der Waals surface area contributed by atoms with Crippen LogP contribution in [0.25, 0.3) is 16.6 Å². The molecule has 138 valence electrons. The lowest BCUT2D eigenvalue weighted by molar-refractivity contribution is 0.102. The molecular weight excluding hydrogens is 354 g/mol. The van der Waals surface area contributed by atoms with Gasteiger partial charge in [0.1, 0.15) is 12.1 Å². The summed E-state index contributed by atoms with van der Waals surface area (Å²) in [6.45, 7) is 0. The summed E-state index contributed by atoms with van der Waals surface area (Å²) in [6.07, 6.45) is 1.48. The summed E-state index contributed by atoms with van der Waals surface area (Å²) in [6, 6.07) is 21.2. The molecule has 1 N–H and O–H groups in total. The van der Waals surface area contributed by atoms with Gasteiger partial charge in [-0.15, -0.1) is 0 Å². The van der Waals surface area contributed by atoms with Crippen LogP contribution < -0.4 is 15.6 Å². The van der Waals surface area contributed by atoms with Crippen molar-refractivity contribution >= 4 is 22.5 Å². The van der Waals surface area contributed by atoms with Crippen molar-refractivity contribution in [2.75, 3.05) is 12.4 Å². The molecule has 0 saturated heterocycles. The lowest BCUT2D eigenvalue weighted by atomic mass is 10.1. The third kappa shape index (κ3) is 3.35. The maximum Gasteiger partial charge on any atom is 0.265 e. The number of ether oxygens (including phenoxy) is 1. The fourth-order valence-corrected chi connectivity index (χ4v) is 2.91. The quantitative estimate of drug-likeness (QED) is 0.594. The number of fused-ring (bicyclic) bond motifs is 1. The molecule has 6 heteroatoms. The Morgan fingerprint density at radius 2 is 1.75 bits per heavy atom. The molecule has 0 aliphatic heterocycles. The fourth-order valence-electron chi connectivity index (χ4n) is 2.91. The van der Waals surface area contributed by atoms with Gasteiger partial charge in [-0.05, 0) is 54.6 Å². The van der Waals surface area contributed by atoms with Crippen molar-refractivity contribution in [3.8, 4) is 11.4 Å².